The lowest BCUT2D eigenvalue weighted by molar-refractivity contribution is 0.0919. The quantitative estimate of drug-likeness (QED) is 0.662. The third-order valence-corrected chi connectivity index (χ3v) is 6.19. The van der Waals surface area contributed by atoms with Gasteiger partial charge in [0.2, 0.25) is 0 Å². The molecule has 1 N–H and O–H groups in total. The molecule has 156 valence electrons. The fourth-order valence-electron chi connectivity index (χ4n) is 4.48. The molecule has 0 bridgehead atoms. The van der Waals surface area contributed by atoms with E-state index in [-0.39, 0.29) is 12.7 Å². The molecule has 0 saturated heterocycles. The molecule has 31 heavy (non-hydrogen) atoms. The van der Waals surface area contributed by atoms with E-state index >= 15 is 0 Å². The maximum atomic E-state index is 9.27. The van der Waals surface area contributed by atoms with Gasteiger partial charge in [-0.3, -0.25) is 0 Å². The number of anilines is 1. The number of rotatable bonds is 4. The molecule has 3 aromatic rings. The first-order chi connectivity index (χ1) is 15.2. The van der Waals surface area contributed by atoms with Gasteiger partial charge in [0.05, 0.1) is 18.9 Å². The normalized spacial score (nSPS) is 17.8. The smallest absolute Gasteiger partial charge is 0.151 e. The molecule has 2 aliphatic heterocycles. The summed E-state index contributed by atoms with van der Waals surface area (Å²) in [6, 6.07) is 25.0. The van der Waals surface area contributed by atoms with Crippen molar-refractivity contribution in [2.75, 3.05) is 11.4 Å². The first-order valence-corrected chi connectivity index (χ1v) is 10.8. The van der Waals surface area contributed by atoms with Crippen molar-refractivity contribution in [3.63, 3.8) is 0 Å². The van der Waals surface area contributed by atoms with Gasteiger partial charge in [0, 0.05) is 23.4 Å². The molecule has 0 fully saturated rings. The largest absolute Gasteiger partial charge is 0.392 e. The minimum Gasteiger partial charge on any atom is -0.392 e. The van der Waals surface area contributed by atoms with Gasteiger partial charge in [-0.1, -0.05) is 78.5 Å². The number of nitrogens with zero attached hydrogens (tertiary/aromatic N) is 2. The van der Waals surface area contributed by atoms with Gasteiger partial charge in [0.1, 0.15) is 0 Å². The van der Waals surface area contributed by atoms with Crippen LogP contribution in [0.3, 0.4) is 0 Å². The van der Waals surface area contributed by atoms with Crippen LogP contribution in [0.15, 0.2) is 84.5 Å². The van der Waals surface area contributed by atoms with Crippen LogP contribution in [0.25, 0.3) is 5.70 Å². The molecule has 0 aromatic heterocycles. The molecule has 1 unspecified atom stereocenters. The zero-order valence-corrected chi connectivity index (χ0v) is 17.5. The van der Waals surface area contributed by atoms with Crippen LogP contribution in [-0.2, 0) is 24.3 Å². The molecule has 2 heterocycles. The number of para-hydroxylation sites is 1. The van der Waals surface area contributed by atoms with Crippen LogP contribution >= 0.6 is 0 Å². The molecule has 2 aliphatic rings. The Morgan fingerprint density at radius 3 is 2.45 bits per heavy atom. The summed E-state index contributed by atoms with van der Waals surface area (Å²) in [6.45, 7) is 5.22. The third kappa shape index (κ3) is 3.87. The summed E-state index contributed by atoms with van der Waals surface area (Å²) in [5.74, 6) is 0. The molecule has 0 aliphatic carbocycles. The molecule has 0 spiro atoms. The topological polar surface area (TPSA) is 45.1 Å². The Morgan fingerprint density at radius 1 is 0.935 bits per heavy atom. The second-order valence-electron chi connectivity index (χ2n) is 8.17. The van der Waals surface area contributed by atoms with Crippen LogP contribution in [0.4, 0.5) is 5.69 Å². The van der Waals surface area contributed by atoms with E-state index in [1.165, 1.54) is 22.4 Å². The molecular weight excluding hydrogens is 384 g/mol. The van der Waals surface area contributed by atoms with Crippen LogP contribution in [-0.4, -0.2) is 23.5 Å². The molecule has 4 heteroatoms. The van der Waals surface area contributed by atoms with Gasteiger partial charge in [-0.25, -0.2) is 0 Å². The lowest BCUT2D eigenvalue weighted by atomic mass is 9.93. The van der Waals surface area contributed by atoms with E-state index in [0.29, 0.717) is 6.54 Å². The van der Waals surface area contributed by atoms with E-state index in [0.717, 1.165) is 41.8 Å². The first kappa shape index (κ1) is 19.6. The van der Waals surface area contributed by atoms with Gasteiger partial charge >= 0.3 is 0 Å². The number of hydrogen-bond acceptors (Lipinski definition) is 4. The molecule has 0 saturated carbocycles. The van der Waals surface area contributed by atoms with Gasteiger partial charge in [-0.15, -0.1) is 0 Å². The van der Waals surface area contributed by atoms with E-state index < -0.39 is 0 Å². The van der Waals surface area contributed by atoms with Crippen LogP contribution in [0, 0.1) is 0 Å². The minimum atomic E-state index is -0.0519. The Morgan fingerprint density at radius 2 is 1.65 bits per heavy atom. The molecule has 3 aromatic carbocycles. The Bertz CT molecular complexity index is 1130. The number of aliphatic hydroxyl groups excluding tert-OH is 1. The average Bonchev–Trinajstić information content (AvgIpc) is 3.29. The second-order valence-corrected chi connectivity index (χ2v) is 8.17. The Kier molecular flexibility index (Phi) is 5.31. The molecule has 1 atom stereocenters. The van der Waals surface area contributed by atoms with Crippen molar-refractivity contribution in [1.82, 2.24) is 0 Å². The zero-order chi connectivity index (χ0) is 21.2. The van der Waals surface area contributed by atoms with E-state index in [4.69, 9.17) is 4.84 Å². The van der Waals surface area contributed by atoms with Gasteiger partial charge < -0.3 is 14.8 Å². The van der Waals surface area contributed by atoms with Crippen molar-refractivity contribution in [2.45, 2.75) is 32.0 Å². The highest BCUT2D eigenvalue weighted by molar-refractivity contribution is 6.01. The maximum Gasteiger partial charge on any atom is 0.151 e. The predicted octanol–water partition coefficient (Wildman–Crippen LogP) is 4.95. The Balaban J connectivity index is 1.40. The predicted molar refractivity (Wildman–Crippen MR) is 125 cm³/mol. The Labute approximate surface area is 183 Å². The van der Waals surface area contributed by atoms with E-state index in [9.17, 15) is 5.11 Å². The molecular formula is C27H26N2O2. The van der Waals surface area contributed by atoms with Crippen LogP contribution in [0.2, 0.25) is 0 Å². The summed E-state index contributed by atoms with van der Waals surface area (Å²) in [6.07, 6.45) is 2.70. The molecule has 5 rings (SSSR count). The van der Waals surface area contributed by atoms with Crippen molar-refractivity contribution >= 4 is 17.1 Å². The van der Waals surface area contributed by atoms with Crippen LogP contribution in [0.1, 0.15) is 34.2 Å². The van der Waals surface area contributed by atoms with Gasteiger partial charge in [-0.2, -0.15) is 0 Å². The van der Waals surface area contributed by atoms with Gasteiger partial charge in [0.25, 0.3) is 0 Å². The highest BCUT2D eigenvalue weighted by atomic mass is 16.6. The monoisotopic (exact) mass is 410 g/mol. The minimum absolute atomic E-state index is 0.0455. The zero-order valence-electron chi connectivity index (χ0n) is 17.5. The fourth-order valence-corrected chi connectivity index (χ4v) is 4.48. The van der Waals surface area contributed by atoms with Crippen molar-refractivity contribution in [3.05, 3.63) is 107 Å². The van der Waals surface area contributed by atoms with E-state index in [1.807, 2.05) is 24.3 Å². The number of oxime groups is 1. The molecule has 0 amide bonds. The summed E-state index contributed by atoms with van der Waals surface area (Å²) in [4.78, 5) is 8.16. The van der Waals surface area contributed by atoms with Crippen molar-refractivity contribution in [3.8, 4) is 0 Å². The van der Waals surface area contributed by atoms with Crippen molar-refractivity contribution in [1.29, 1.82) is 0 Å². The number of aryl methyl sites for hydroxylation is 2. The summed E-state index contributed by atoms with van der Waals surface area (Å²) < 4.78 is 0. The average molecular weight is 411 g/mol. The summed E-state index contributed by atoms with van der Waals surface area (Å²) in [7, 11) is 0. The van der Waals surface area contributed by atoms with E-state index in [2.05, 4.69) is 65.2 Å². The molecule has 0 radical (unpaired) electrons. The highest BCUT2D eigenvalue weighted by Gasteiger charge is 2.28. The number of fused-ring (bicyclic) bond motifs is 2. The number of benzene rings is 3. The lowest BCUT2D eigenvalue weighted by Gasteiger charge is -2.33. The van der Waals surface area contributed by atoms with Crippen molar-refractivity contribution < 1.29 is 9.94 Å². The number of aliphatic hydroxyl groups is 1. The van der Waals surface area contributed by atoms with Crippen molar-refractivity contribution in [2.24, 2.45) is 5.16 Å². The fraction of sp³-hybridized carbons (Fsp3) is 0.222. The van der Waals surface area contributed by atoms with Crippen LogP contribution < -0.4 is 4.90 Å². The summed E-state index contributed by atoms with van der Waals surface area (Å²) in [5.41, 5.74) is 8.95. The second kappa shape index (κ2) is 8.40. The molecule has 4 nitrogen and oxygen atoms in total. The van der Waals surface area contributed by atoms with E-state index in [1.54, 1.807) is 0 Å². The van der Waals surface area contributed by atoms with Gasteiger partial charge in [0.15, 0.2) is 6.10 Å². The first-order valence-electron chi connectivity index (χ1n) is 10.8. The highest BCUT2D eigenvalue weighted by Crippen LogP contribution is 2.35. The maximum absolute atomic E-state index is 9.27. The lowest BCUT2D eigenvalue weighted by Crippen LogP contribution is -2.33. The third-order valence-electron chi connectivity index (χ3n) is 6.19. The standard InChI is InChI=1S/C27H26N2O2/c1-19-25-8-4-2-6-21(25)14-15-23-7-3-5-9-27(23)29(19)17-24-16-26(28-31-24)22-12-10-20(18-30)11-13-22/h2-13,24,30H,1,14-18H2. The summed E-state index contributed by atoms with van der Waals surface area (Å²) in [5, 5.41) is 13.6. The van der Waals surface area contributed by atoms with Crippen LogP contribution in [0.5, 0.6) is 0 Å². The van der Waals surface area contributed by atoms with Gasteiger partial charge in [-0.05, 0) is 41.2 Å². The number of hydrogen-bond donors (Lipinski definition) is 1. The Hall–Kier alpha value is -3.37. The summed E-state index contributed by atoms with van der Waals surface area (Å²) >= 11 is 0. The SMILES string of the molecule is C=C1c2ccccc2CCc2ccccc2N1CC1CC(c2ccc(CO)cc2)=NO1.